The summed E-state index contributed by atoms with van der Waals surface area (Å²) in [6.07, 6.45) is 4.59. The van der Waals surface area contributed by atoms with E-state index >= 15 is 0 Å². The first kappa shape index (κ1) is 16.6. The second-order valence-corrected chi connectivity index (χ2v) is 6.62. The smallest absolute Gasteiger partial charge is 0.357 e. The molecule has 3 rings (SSSR count). The van der Waals surface area contributed by atoms with Gasteiger partial charge < -0.3 is 4.74 Å². The van der Waals surface area contributed by atoms with Crippen LogP contribution in [-0.4, -0.2) is 40.3 Å². The lowest BCUT2D eigenvalue weighted by Crippen LogP contribution is -2.33. The lowest BCUT2D eigenvalue weighted by molar-refractivity contribution is -0.120. The van der Waals surface area contributed by atoms with Gasteiger partial charge in [0.2, 0.25) is 5.91 Å². The number of likely N-dealkylation sites (N-methyl/N-ethyl adjacent to an activating group) is 1. The van der Waals surface area contributed by atoms with E-state index in [0.29, 0.717) is 11.7 Å². The second-order valence-electron chi connectivity index (χ2n) is 5.78. The number of ether oxygens (including phenoxy) is 1. The Morgan fingerprint density at radius 1 is 1.50 bits per heavy atom. The summed E-state index contributed by atoms with van der Waals surface area (Å²) in [5, 5.41) is 6.55. The first-order valence-electron chi connectivity index (χ1n) is 7.94. The molecule has 0 saturated carbocycles. The van der Waals surface area contributed by atoms with Crippen LogP contribution in [-0.2, 0) is 23.0 Å². The van der Waals surface area contributed by atoms with E-state index in [1.165, 1.54) is 16.2 Å². The molecule has 7 nitrogen and oxygen atoms in total. The highest BCUT2D eigenvalue weighted by Gasteiger charge is 2.32. The lowest BCUT2D eigenvalue weighted by Gasteiger charge is -2.24. The fraction of sp³-hybridized carbons (Fsp3) is 0.500. The molecule has 0 saturated heterocycles. The molecule has 0 unspecified atom stereocenters. The van der Waals surface area contributed by atoms with Crippen LogP contribution in [0.1, 0.15) is 47.4 Å². The fourth-order valence-electron chi connectivity index (χ4n) is 2.97. The van der Waals surface area contributed by atoms with E-state index in [1.807, 2.05) is 13.2 Å². The van der Waals surface area contributed by atoms with Gasteiger partial charge in [0.25, 0.3) is 0 Å². The van der Waals surface area contributed by atoms with Gasteiger partial charge in [-0.05, 0) is 26.2 Å². The van der Waals surface area contributed by atoms with E-state index < -0.39 is 5.97 Å². The Morgan fingerprint density at radius 2 is 2.29 bits per heavy atom. The lowest BCUT2D eigenvalue weighted by atomic mass is 9.86. The van der Waals surface area contributed by atoms with Crippen LogP contribution in [0, 0.1) is 0 Å². The van der Waals surface area contributed by atoms with Crippen molar-refractivity contribution in [3.05, 3.63) is 28.5 Å². The Balaban J connectivity index is 1.79. The van der Waals surface area contributed by atoms with Crippen LogP contribution < -0.4 is 4.90 Å². The number of carbonyl (C=O) groups is 2. The molecule has 0 bridgehead atoms. The molecule has 0 N–H and O–H groups in total. The van der Waals surface area contributed by atoms with Gasteiger partial charge in [-0.25, -0.2) is 9.78 Å². The van der Waals surface area contributed by atoms with E-state index in [-0.39, 0.29) is 17.5 Å². The Labute approximate surface area is 144 Å². The zero-order valence-corrected chi connectivity index (χ0v) is 14.8. The van der Waals surface area contributed by atoms with Crippen molar-refractivity contribution in [3.63, 3.8) is 0 Å². The highest BCUT2D eigenvalue weighted by molar-refractivity contribution is 7.14. The molecule has 128 valence electrons. The van der Waals surface area contributed by atoms with Crippen molar-refractivity contribution < 1.29 is 14.3 Å². The van der Waals surface area contributed by atoms with E-state index in [1.54, 1.807) is 24.0 Å². The maximum absolute atomic E-state index is 12.9. The van der Waals surface area contributed by atoms with Crippen molar-refractivity contribution in [2.24, 2.45) is 7.05 Å². The van der Waals surface area contributed by atoms with Crippen molar-refractivity contribution in [2.75, 3.05) is 18.6 Å². The number of aryl methyl sites for hydroxylation is 2. The van der Waals surface area contributed by atoms with Crippen LogP contribution in [0.5, 0.6) is 0 Å². The summed E-state index contributed by atoms with van der Waals surface area (Å²) in [5.74, 6) is -0.691. The summed E-state index contributed by atoms with van der Waals surface area (Å²) in [4.78, 5) is 30.4. The molecule has 0 spiro atoms. The first-order chi connectivity index (χ1) is 11.5. The number of anilines is 1. The summed E-state index contributed by atoms with van der Waals surface area (Å²) < 4.78 is 6.70. The molecule has 24 heavy (non-hydrogen) atoms. The summed E-state index contributed by atoms with van der Waals surface area (Å²) in [6, 6.07) is 0. The van der Waals surface area contributed by atoms with Gasteiger partial charge in [-0.2, -0.15) is 5.10 Å². The minimum Gasteiger partial charge on any atom is -0.461 e. The zero-order valence-electron chi connectivity index (χ0n) is 14.0. The number of amides is 1. The highest BCUT2D eigenvalue weighted by atomic mass is 32.1. The number of fused-ring (bicyclic) bond motifs is 1. The molecule has 2 aromatic rings. The Morgan fingerprint density at radius 3 is 3.04 bits per heavy atom. The quantitative estimate of drug-likeness (QED) is 0.791. The van der Waals surface area contributed by atoms with Crippen LogP contribution in [0.3, 0.4) is 0 Å². The van der Waals surface area contributed by atoms with Crippen LogP contribution in [0.25, 0.3) is 0 Å². The third kappa shape index (κ3) is 3.06. The molecular formula is C16H20N4O3S. The summed E-state index contributed by atoms with van der Waals surface area (Å²) >= 11 is 1.26. The molecule has 0 radical (unpaired) electrons. The number of thiazole rings is 1. The second kappa shape index (κ2) is 6.72. The van der Waals surface area contributed by atoms with Gasteiger partial charge in [0.05, 0.1) is 18.2 Å². The van der Waals surface area contributed by atoms with Crippen LogP contribution in [0.4, 0.5) is 5.13 Å². The Kier molecular flexibility index (Phi) is 4.66. The summed E-state index contributed by atoms with van der Waals surface area (Å²) in [7, 11) is 3.57. The third-order valence-corrected chi connectivity index (χ3v) is 5.03. The molecule has 0 aliphatic heterocycles. The average molecular weight is 348 g/mol. The molecule has 1 atom stereocenters. The molecule has 2 aromatic heterocycles. The molecule has 1 aliphatic rings. The number of nitrogens with zero attached hydrogens (tertiary/aromatic N) is 4. The Bertz CT molecular complexity index is 767. The maximum atomic E-state index is 12.9. The van der Waals surface area contributed by atoms with Crippen LogP contribution in [0.15, 0.2) is 11.6 Å². The maximum Gasteiger partial charge on any atom is 0.357 e. The van der Waals surface area contributed by atoms with Gasteiger partial charge >= 0.3 is 5.97 Å². The minimum absolute atomic E-state index is 0.0197. The van der Waals surface area contributed by atoms with Crippen LogP contribution >= 0.6 is 11.3 Å². The van der Waals surface area contributed by atoms with E-state index in [2.05, 4.69) is 10.1 Å². The zero-order chi connectivity index (χ0) is 17.3. The number of hydrogen-bond donors (Lipinski definition) is 0. The number of carbonyl (C=O) groups excluding carboxylic acids is 2. The molecule has 1 aliphatic carbocycles. The largest absolute Gasteiger partial charge is 0.461 e. The third-order valence-electron chi connectivity index (χ3n) is 4.11. The number of esters is 1. The number of hydrogen-bond acceptors (Lipinski definition) is 6. The molecule has 0 fully saturated rings. The molecule has 0 aromatic carbocycles. The van der Waals surface area contributed by atoms with E-state index in [4.69, 9.17) is 4.74 Å². The predicted molar refractivity (Wildman–Crippen MR) is 90.4 cm³/mol. The molecular weight excluding hydrogens is 328 g/mol. The van der Waals surface area contributed by atoms with Crippen LogP contribution in [0.2, 0.25) is 0 Å². The standard InChI is InChI=1S/C16H20N4O3S/c1-4-23-15(22)13-9-24-16(17-13)20(3)14(21)10-6-5-7-12-11(10)8-19(2)18-12/h8-10H,4-7H2,1-3H3/t10-/m0/s1. The summed E-state index contributed by atoms with van der Waals surface area (Å²) in [5.41, 5.74) is 2.24. The Hall–Kier alpha value is -2.22. The van der Waals surface area contributed by atoms with E-state index in [9.17, 15) is 9.59 Å². The molecule has 1 amide bonds. The predicted octanol–water partition coefficient (Wildman–Crippen LogP) is 2.14. The van der Waals surface area contributed by atoms with Gasteiger partial charge in [0, 0.05) is 31.2 Å². The summed E-state index contributed by atoms with van der Waals surface area (Å²) in [6.45, 7) is 2.04. The highest BCUT2D eigenvalue weighted by Crippen LogP contribution is 2.33. The number of rotatable bonds is 4. The monoisotopic (exact) mass is 348 g/mol. The van der Waals surface area contributed by atoms with Gasteiger partial charge in [-0.3, -0.25) is 14.4 Å². The van der Waals surface area contributed by atoms with Crippen molar-refractivity contribution in [1.82, 2.24) is 14.8 Å². The van der Waals surface area contributed by atoms with Crippen molar-refractivity contribution in [2.45, 2.75) is 32.1 Å². The average Bonchev–Trinajstić information content (AvgIpc) is 3.19. The normalized spacial score (nSPS) is 16.5. The molecule has 2 heterocycles. The number of aromatic nitrogens is 3. The van der Waals surface area contributed by atoms with Gasteiger partial charge in [0.1, 0.15) is 0 Å². The first-order valence-corrected chi connectivity index (χ1v) is 8.81. The van der Waals surface area contributed by atoms with E-state index in [0.717, 1.165) is 30.5 Å². The van der Waals surface area contributed by atoms with Gasteiger partial charge in [-0.15, -0.1) is 11.3 Å². The molecule has 8 heteroatoms. The van der Waals surface area contributed by atoms with Crippen molar-refractivity contribution in [3.8, 4) is 0 Å². The van der Waals surface area contributed by atoms with Crippen molar-refractivity contribution in [1.29, 1.82) is 0 Å². The van der Waals surface area contributed by atoms with Crippen molar-refractivity contribution >= 4 is 28.3 Å². The SMILES string of the molecule is CCOC(=O)c1csc(N(C)C(=O)[C@H]2CCCc3nn(C)cc32)n1. The van der Waals surface area contributed by atoms with Gasteiger partial charge in [-0.1, -0.05) is 0 Å². The van der Waals surface area contributed by atoms with Gasteiger partial charge in [0.15, 0.2) is 10.8 Å². The fourth-order valence-corrected chi connectivity index (χ4v) is 3.73. The minimum atomic E-state index is -0.465. The topological polar surface area (TPSA) is 77.3 Å².